The van der Waals surface area contributed by atoms with Crippen LogP contribution in [0.5, 0.6) is 5.75 Å². The fourth-order valence-corrected chi connectivity index (χ4v) is 2.47. The molecule has 0 unspecified atom stereocenters. The van der Waals surface area contributed by atoms with Gasteiger partial charge in [-0.15, -0.1) is 0 Å². The highest BCUT2D eigenvalue weighted by atomic mass is 19.1. The molecule has 0 radical (unpaired) electrons. The predicted molar refractivity (Wildman–Crippen MR) is 81.5 cm³/mol. The van der Waals surface area contributed by atoms with E-state index in [1.54, 1.807) is 18.2 Å². The zero-order valence-electron chi connectivity index (χ0n) is 11.8. The van der Waals surface area contributed by atoms with Gasteiger partial charge in [-0.25, -0.2) is 4.39 Å². The smallest absolute Gasteiger partial charge is 0.165 e. The molecule has 21 heavy (non-hydrogen) atoms. The number of benzene rings is 2. The quantitative estimate of drug-likeness (QED) is 0.798. The predicted octanol–water partition coefficient (Wildman–Crippen LogP) is 3.36. The average Bonchev–Trinajstić information content (AvgIpc) is 2.82. The molecule has 0 spiro atoms. The van der Waals surface area contributed by atoms with Crippen molar-refractivity contribution in [1.82, 2.24) is 4.57 Å². The summed E-state index contributed by atoms with van der Waals surface area (Å²) in [5.41, 5.74) is 8.89. The van der Waals surface area contributed by atoms with Crippen molar-refractivity contribution in [3.63, 3.8) is 0 Å². The summed E-state index contributed by atoms with van der Waals surface area (Å²) in [4.78, 5) is 0. The summed E-state index contributed by atoms with van der Waals surface area (Å²) in [5, 5.41) is 1.10. The van der Waals surface area contributed by atoms with Crippen molar-refractivity contribution in [2.75, 3.05) is 0 Å². The first-order valence-electron chi connectivity index (χ1n) is 6.83. The van der Waals surface area contributed by atoms with Gasteiger partial charge in [0, 0.05) is 36.3 Å². The molecule has 0 bridgehead atoms. The lowest BCUT2D eigenvalue weighted by Gasteiger charge is -2.06. The standard InChI is InChI=1S/C17H17FN2O/c1-20-10-13(11-21-17-5-3-2-4-15(17)18)14-7-6-12(9-19)8-16(14)20/h2-8,10H,9,11,19H2,1H3. The van der Waals surface area contributed by atoms with Gasteiger partial charge < -0.3 is 15.0 Å². The number of aromatic nitrogens is 1. The molecule has 3 aromatic rings. The van der Waals surface area contributed by atoms with E-state index in [1.165, 1.54) is 6.07 Å². The molecule has 0 aliphatic rings. The third-order valence-electron chi connectivity index (χ3n) is 3.59. The average molecular weight is 284 g/mol. The molecule has 2 aromatic carbocycles. The van der Waals surface area contributed by atoms with Gasteiger partial charge in [-0.1, -0.05) is 24.3 Å². The molecule has 0 saturated heterocycles. The van der Waals surface area contributed by atoms with Crippen molar-refractivity contribution < 1.29 is 9.13 Å². The minimum atomic E-state index is -0.344. The van der Waals surface area contributed by atoms with Crippen molar-refractivity contribution in [2.24, 2.45) is 12.8 Å². The first-order chi connectivity index (χ1) is 10.2. The number of nitrogens with two attached hydrogens (primary N) is 1. The fourth-order valence-electron chi connectivity index (χ4n) is 2.47. The van der Waals surface area contributed by atoms with E-state index in [1.807, 2.05) is 29.9 Å². The van der Waals surface area contributed by atoms with Gasteiger partial charge in [-0.05, 0) is 23.8 Å². The Morgan fingerprint density at radius 1 is 1.19 bits per heavy atom. The molecule has 0 atom stereocenters. The van der Waals surface area contributed by atoms with Crippen LogP contribution < -0.4 is 10.5 Å². The third kappa shape index (κ3) is 2.62. The summed E-state index contributed by atoms with van der Waals surface area (Å²) < 4.78 is 21.2. The molecule has 3 nitrogen and oxygen atoms in total. The lowest BCUT2D eigenvalue weighted by atomic mass is 10.1. The van der Waals surface area contributed by atoms with Gasteiger partial charge >= 0.3 is 0 Å². The van der Waals surface area contributed by atoms with E-state index in [2.05, 4.69) is 6.07 Å². The molecule has 2 N–H and O–H groups in total. The monoisotopic (exact) mass is 284 g/mol. The van der Waals surface area contributed by atoms with Gasteiger partial charge in [0.2, 0.25) is 0 Å². The van der Waals surface area contributed by atoms with E-state index < -0.39 is 0 Å². The number of hydrogen-bond acceptors (Lipinski definition) is 2. The summed E-state index contributed by atoms with van der Waals surface area (Å²) in [5.74, 6) is -0.0729. The maximum atomic E-state index is 13.6. The Kier molecular flexibility index (Phi) is 3.62. The maximum absolute atomic E-state index is 13.6. The zero-order valence-corrected chi connectivity index (χ0v) is 11.8. The second-order valence-corrected chi connectivity index (χ2v) is 5.04. The van der Waals surface area contributed by atoms with Crippen LogP contribution in [0, 0.1) is 5.82 Å². The molecule has 108 valence electrons. The second-order valence-electron chi connectivity index (χ2n) is 5.04. The van der Waals surface area contributed by atoms with Crippen molar-refractivity contribution >= 4 is 10.9 Å². The Morgan fingerprint density at radius 2 is 2.00 bits per heavy atom. The largest absolute Gasteiger partial charge is 0.486 e. The lowest BCUT2D eigenvalue weighted by molar-refractivity contribution is 0.291. The highest BCUT2D eigenvalue weighted by Gasteiger charge is 2.09. The van der Waals surface area contributed by atoms with Gasteiger partial charge in [0.05, 0.1) is 0 Å². The lowest BCUT2D eigenvalue weighted by Crippen LogP contribution is -1.97. The van der Waals surface area contributed by atoms with Crippen molar-refractivity contribution in [1.29, 1.82) is 0 Å². The van der Waals surface area contributed by atoms with Crippen LogP contribution in [-0.2, 0) is 20.2 Å². The number of fused-ring (bicyclic) bond motifs is 1. The Morgan fingerprint density at radius 3 is 2.76 bits per heavy atom. The van der Waals surface area contributed by atoms with Crippen LogP contribution in [0.25, 0.3) is 10.9 Å². The molecule has 4 heteroatoms. The SMILES string of the molecule is Cn1cc(COc2ccccc2F)c2ccc(CN)cc21. The molecule has 0 fully saturated rings. The van der Waals surface area contributed by atoms with Crippen LogP contribution in [-0.4, -0.2) is 4.57 Å². The summed E-state index contributed by atoms with van der Waals surface area (Å²) >= 11 is 0. The number of ether oxygens (including phenoxy) is 1. The molecular weight excluding hydrogens is 267 g/mol. The van der Waals surface area contributed by atoms with Crippen LogP contribution in [0.15, 0.2) is 48.7 Å². The first kappa shape index (κ1) is 13.6. The molecule has 0 aliphatic heterocycles. The van der Waals surface area contributed by atoms with Gasteiger partial charge in [0.1, 0.15) is 6.61 Å². The Hall–Kier alpha value is -2.33. The third-order valence-corrected chi connectivity index (χ3v) is 3.59. The number of nitrogens with zero attached hydrogens (tertiary/aromatic N) is 1. The van der Waals surface area contributed by atoms with Crippen LogP contribution in [0.2, 0.25) is 0 Å². The van der Waals surface area contributed by atoms with E-state index in [-0.39, 0.29) is 11.6 Å². The van der Waals surface area contributed by atoms with Crippen LogP contribution in [0.3, 0.4) is 0 Å². The van der Waals surface area contributed by atoms with E-state index in [4.69, 9.17) is 10.5 Å². The summed E-state index contributed by atoms with van der Waals surface area (Å²) in [6.45, 7) is 0.850. The summed E-state index contributed by atoms with van der Waals surface area (Å²) in [6.07, 6.45) is 2.01. The van der Waals surface area contributed by atoms with Gasteiger partial charge in [-0.2, -0.15) is 0 Å². The summed E-state index contributed by atoms with van der Waals surface area (Å²) in [6, 6.07) is 12.6. The highest BCUT2D eigenvalue weighted by Crippen LogP contribution is 2.24. The minimum absolute atomic E-state index is 0.271. The maximum Gasteiger partial charge on any atom is 0.165 e. The number of para-hydroxylation sites is 1. The normalized spacial score (nSPS) is 11.0. The number of hydrogen-bond donors (Lipinski definition) is 1. The van der Waals surface area contributed by atoms with Crippen molar-refractivity contribution in [2.45, 2.75) is 13.2 Å². The van der Waals surface area contributed by atoms with Crippen LogP contribution in [0.1, 0.15) is 11.1 Å². The Labute approximate surface area is 122 Å². The summed E-state index contributed by atoms with van der Waals surface area (Å²) in [7, 11) is 1.98. The molecule has 1 heterocycles. The van der Waals surface area contributed by atoms with Crippen LogP contribution in [0.4, 0.5) is 4.39 Å². The molecule has 1 aromatic heterocycles. The molecule has 0 aliphatic carbocycles. The second kappa shape index (κ2) is 5.58. The molecule has 0 amide bonds. The number of halogens is 1. The zero-order chi connectivity index (χ0) is 14.8. The number of rotatable bonds is 4. The Balaban J connectivity index is 1.89. The Bertz CT molecular complexity index is 780. The van der Waals surface area contributed by atoms with Gasteiger partial charge in [0.15, 0.2) is 11.6 Å². The minimum Gasteiger partial charge on any atom is -0.486 e. The van der Waals surface area contributed by atoms with E-state index in [9.17, 15) is 4.39 Å². The van der Waals surface area contributed by atoms with Crippen molar-refractivity contribution in [3.05, 3.63) is 65.6 Å². The topological polar surface area (TPSA) is 40.2 Å². The van der Waals surface area contributed by atoms with Gasteiger partial charge in [0.25, 0.3) is 0 Å². The van der Waals surface area contributed by atoms with E-state index in [0.29, 0.717) is 13.2 Å². The van der Waals surface area contributed by atoms with Crippen molar-refractivity contribution in [3.8, 4) is 5.75 Å². The fraction of sp³-hybridized carbons (Fsp3) is 0.176. The molecule has 3 rings (SSSR count). The van der Waals surface area contributed by atoms with Crippen LogP contribution >= 0.6 is 0 Å². The molecule has 0 saturated carbocycles. The van der Waals surface area contributed by atoms with E-state index in [0.717, 1.165) is 22.0 Å². The van der Waals surface area contributed by atoms with Gasteiger partial charge in [-0.3, -0.25) is 0 Å². The molecular formula is C17H17FN2O. The first-order valence-corrected chi connectivity index (χ1v) is 6.83. The number of aryl methyl sites for hydroxylation is 1. The van der Waals surface area contributed by atoms with E-state index >= 15 is 0 Å². The highest BCUT2D eigenvalue weighted by molar-refractivity contribution is 5.84.